The third kappa shape index (κ3) is 2.76. The number of amides is 1. The van der Waals surface area contributed by atoms with E-state index < -0.39 is 0 Å². The first-order chi connectivity index (χ1) is 10.6. The Bertz CT molecular complexity index is 775. The van der Waals surface area contributed by atoms with Gasteiger partial charge in [-0.05, 0) is 0 Å². The highest BCUT2D eigenvalue weighted by Crippen LogP contribution is 2.22. The second kappa shape index (κ2) is 5.85. The van der Waals surface area contributed by atoms with E-state index in [0.29, 0.717) is 12.1 Å². The van der Waals surface area contributed by atoms with Crippen molar-refractivity contribution in [3.05, 3.63) is 60.0 Å². The Morgan fingerprint density at radius 3 is 2.73 bits per heavy atom. The van der Waals surface area contributed by atoms with E-state index in [0.717, 1.165) is 16.8 Å². The summed E-state index contributed by atoms with van der Waals surface area (Å²) in [5.74, 6) is -0.0727. The number of nitrogens with zero attached hydrogens (tertiary/aromatic N) is 4. The number of carbonyl (C=O) groups excluding carboxylic acids is 1. The zero-order valence-corrected chi connectivity index (χ0v) is 12.5. The van der Waals surface area contributed by atoms with E-state index in [4.69, 9.17) is 0 Å². The molecule has 3 rings (SSSR count). The standard InChI is InChI=1S/C16H17N5O/c1-20(10-12-8-18-21(2)11-12)16(22)14-9-17-19-15(14)13-6-4-3-5-7-13/h3-9,11H,10H2,1-2H3,(H,17,19). The molecule has 1 amide bonds. The van der Waals surface area contributed by atoms with Gasteiger partial charge >= 0.3 is 0 Å². The van der Waals surface area contributed by atoms with Gasteiger partial charge in [-0.3, -0.25) is 14.6 Å². The van der Waals surface area contributed by atoms with Gasteiger partial charge < -0.3 is 4.90 Å². The fourth-order valence-electron chi connectivity index (χ4n) is 2.38. The molecule has 0 aliphatic heterocycles. The maximum Gasteiger partial charge on any atom is 0.257 e. The number of nitrogens with one attached hydrogen (secondary N) is 1. The molecule has 0 bridgehead atoms. The molecule has 0 fully saturated rings. The number of carbonyl (C=O) groups is 1. The van der Waals surface area contributed by atoms with Gasteiger partial charge in [0.1, 0.15) is 0 Å². The summed E-state index contributed by atoms with van der Waals surface area (Å²) in [5, 5.41) is 11.1. The van der Waals surface area contributed by atoms with Crippen molar-refractivity contribution in [3.8, 4) is 11.3 Å². The maximum atomic E-state index is 12.6. The number of aryl methyl sites for hydroxylation is 1. The highest BCUT2D eigenvalue weighted by Gasteiger charge is 2.19. The number of hydrogen-bond donors (Lipinski definition) is 1. The Balaban J connectivity index is 1.82. The van der Waals surface area contributed by atoms with Crippen LogP contribution in [0.25, 0.3) is 11.3 Å². The Labute approximate surface area is 128 Å². The van der Waals surface area contributed by atoms with E-state index in [1.165, 1.54) is 0 Å². The van der Waals surface area contributed by atoms with Crippen LogP contribution in [0.1, 0.15) is 15.9 Å². The second-order valence-electron chi connectivity index (χ2n) is 5.21. The Hall–Kier alpha value is -2.89. The van der Waals surface area contributed by atoms with Crippen molar-refractivity contribution in [2.24, 2.45) is 7.05 Å². The first kappa shape index (κ1) is 14.1. The van der Waals surface area contributed by atoms with Crippen LogP contribution in [0.2, 0.25) is 0 Å². The zero-order chi connectivity index (χ0) is 15.5. The quantitative estimate of drug-likeness (QED) is 0.801. The highest BCUT2D eigenvalue weighted by molar-refractivity contribution is 5.99. The summed E-state index contributed by atoms with van der Waals surface area (Å²) in [6, 6.07) is 9.71. The minimum absolute atomic E-state index is 0.0727. The lowest BCUT2D eigenvalue weighted by Gasteiger charge is -2.16. The maximum absolute atomic E-state index is 12.6. The molecule has 112 valence electrons. The van der Waals surface area contributed by atoms with Crippen molar-refractivity contribution in [2.45, 2.75) is 6.54 Å². The molecule has 2 aromatic heterocycles. The SMILES string of the molecule is CN(Cc1cnn(C)c1)C(=O)c1cn[nH]c1-c1ccccc1. The molecule has 2 heterocycles. The predicted octanol–water partition coefficient (Wildman–Crippen LogP) is 2.08. The smallest absolute Gasteiger partial charge is 0.257 e. The molecule has 6 nitrogen and oxygen atoms in total. The van der Waals surface area contributed by atoms with Crippen molar-refractivity contribution in [1.29, 1.82) is 0 Å². The van der Waals surface area contributed by atoms with Crippen LogP contribution in [-0.2, 0) is 13.6 Å². The average Bonchev–Trinajstić information content (AvgIpc) is 3.16. The van der Waals surface area contributed by atoms with Crippen LogP contribution in [0.4, 0.5) is 0 Å². The summed E-state index contributed by atoms with van der Waals surface area (Å²) >= 11 is 0. The van der Waals surface area contributed by atoms with Crippen LogP contribution >= 0.6 is 0 Å². The van der Waals surface area contributed by atoms with Crippen LogP contribution < -0.4 is 0 Å². The number of H-pyrrole nitrogens is 1. The van der Waals surface area contributed by atoms with Gasteiger partial charge in [0.15, 0.2) is 0 Å². The molecule has 0 saturated heterocycles. The number of rotatable bonds is 4. The molecule has 22 heavy (non-hydrogen) atoms. The summed E-state index contributed by atoms with van der Waals surface area (Å²) in [6.45, 7) is 0.506. The van der Waals surface area contributed by atoms with Crippen molar-refractivity contribution in [3.63, 3.8) is 0 Å². The lowest BCUT2D eigenvalue weighted by Crippen LogP contribution is -2.26. The third-order valence-electron chi connectivity index (χ3n) is 3.46. The van der Waals surface area contributed by atoms with Crippen molar-refractivity contribution < 1.29 is 4.79 Å². The van der Waals surface area contributed by atoms with Gasteiger partial charge in [0.2, 0.25) is 0 Å². The van der Waals surface area contributed by atoms with Gasteiger partial charge in [0, 0.05) is 38.0 Å². The second-order valence-corrected chi connectivity index (χ2v) is 5.21. The lowest BCUT2D eigenvalue weighted by molar-refractivity contribution is 0.0786. The Morgan fingerprint density at radius 2 is 2.05 bits per heavy atom. The van der Waals surface area contributed by atoms with E-state index >= 15 is 0 Å². The molecule has 0 saturated carbocycles. The first-order valence-electron chi connectivity index (χ1n) is 6.97. The molecule has 1 aromatic carbocycles. The van der Waals surface area contributed by atoms with Gasteiger partial charge in [0.25, 0.3) is 5.91 Å². The monoisotopic (exact) mass is 295 g/mol. The van der Waals surface area contributed by atoms with E-state index in [2.05, 4.69) is 15.3 Å². The van der Waals surface area contributed by atoms with E-state index in [9.17, 15) is 4.79 Å². The fourth-order valence-corrected chi connectivity index (χ4v) is 2.38. The third-order valence-corrected chi connectivity index (χ3v) is 3.46. The van der Waals surface area contributed by atoms with Crippen LogP contribution in [0.15, 0.2) is 48.9 Å². The van der Waals surface area contributed by atoms with Crippen LogP contribution in [0, 0.1) is 0 Å². The molecule has 0 radical (unpaired) electrons. The molecule has 0 atom stereocenters. The molecule has 0 unspecified atom stereocenters. The van der Waals surface area contributed by atoms with Gasteiger partial charge in [-0.1, -0.05) is 30.3 Å². The topological polar surface area (TPSA) is 66.8 Å². The first-order valence-corrected chi connectivity index (χ1v) is 6.97. The van der Waals surface area contributed by atoms with E-state index in [1.54, 1.807) is 29.0 Å². The van der Waals surface area contributed by atoms with Gasteiger partial charge in [-0.25, -0.2) is 0 Å². The molecule has 0 aliphatic rings. The van der Waals surface area contributed by atoms with Gasteiger partial charge in [-0.2, -0.15) is 10.2 Å². The molecule has 6 heteroatoms. The number of aromatic amines is 1. The largest absolute Gasteiger partial charge is 0.337 e. The van der Waals surface area contributed by atoms with Gasteiger partial charge in [-0.15, -0.1) is 0 Å². The van der Waals surface area contributed by atoms with Crippen LogP contribution in [0.3, 0.4) is 0 Å². The van der Waals surface area contributed by atoms with Crippen LogP contribution in [-0.4, -0.2) is 37.8 Å². The molecule has 0 aliphatic carbocycles. The fraction of sp³-hybridized carbons (Fsp3) is 0.188. The summed E-state index contributed by atoms with van der Waals surface area (Å²) in [6.07, 6.45) is 5.24. The predicted molar refractivity (Wildman–Crippen MR) is 83.0 cm³/mol. The molecule has 1 N–H and O–H groups in total. The Kier molecular flexibility index (Phi) is 3.74. The molecule has 0 spiro atoms. The minimum Gasteiger partial charge on any atom is -0.337 e. The van der Waals surface area contributed by atoms with Crippen molar-refractivity contribution >= 4 is 5.91 Å². The normalized spacial score (nSPS) is 10.6. The molecular weight excluding hydrogens is 278 g/mol. The Morgan fingerprint density at radius 1 is 1.27 bits per heavy atom. The van der Waals surface area contributed by atoms with Crippen molar-refractivity contribution in [1.82, 2.24) is 24.9 Å². The zero-order valence-electron chi connectivity index (χ0n) is 12.5. The minimum atomic E-state index is -0.0727. The lowest BCUT2D eigenvalue weighted by atomic mass is 10.1. The summed E-state index contributed by atoms with van der Waals surface area (Å²) < 4.78 is 1.72. The summed E-state index contributed by atoms with van der Waals surface area (Å²) in [5.41, 5.74) is 3.24. The van der Waals surface area contributed by atoms with Gasteiger partial charge in [0.05, 0.1) is 23.7 Å². The molecule has 3 aromatic rings. The summed E-state index contributed by atoms with van der Waals surface area (Å²) in [7, 11) is 3.63. The average molecular weight is 295 g/mol. The summed E-state index contributed by atoms with van der Waals surface area (Å²) in [4.78, 5) is 14.3. The highest BCUT2D eigenvalue weighted by atomic mass is 16.2. The molecular formula is C16H17N5O. The number of benzene rings is 1. The van der Waals surface area contributed by atoms with E-state index in [1.807, 2.05) is 43.6 Å². The number of aromatic nitrogens is 4. The van der Waals surface area contributed by atoms with Crippen molar-refractivity contribution in [2.75, 3.05) is 7.05 Å². The van der Waals surface area contributed by atoms with Crippen LogP contribution in [0.5, 0.6) is 0 Å². The number of hydrogen-bond acceptors (Lipinski definition) is 3. The van der Waals surface area contributed by atoms with E-state index in [-0.39, 0.29) is 5.91 Å².